The van der Waals surface area contributed by atoms with Gasteiger partial charge in [0.15, 0.2) is 0 Å². The molecule has 0 aliphatic rings. The summed E-state index contributed by atoms with van der Waals surface area (Å²) in [6.07, 6.45) is 0.848. The molecule has 1 aromatic rings. The van der Waals surface area contributed by atoms with Crippen LogP contribution < -0.4 is 11.1 Å². The molecule has 0 aliphatic heterocycles. The smallest absolute Gasteiger partial charge is 0.224 e. The molecular formula is C11H14ClFN2O. The van der Waals surface area contributed by atoms with Gasteiger partial charge in [-0.2, -0.15) is 0 Å². The van der Waals surface area contributed by atoms with E-state index in [1.54, 1.807) is 0 Å². The molecule has 0 spiro atoms. The first-order chi connectivity index (χ1) is 7.49. The molecule has 0 radical (unpaired) electrons. The molecule has 0 aliphatic carbocycles. The third-order valence-corrected chi connectivity index (χ3v) is 2.27. The van der Waals surface area contributed by atoms with Gasteiger partial charge in [0.05, 0.1) is 5.69 Å². The molecule has 1 amide bonds. The van der Waals surface area contributed by atoms with Gasteiger partial charge >= 0.3 is 0 Å². The summed E-state index contributed by atoms with van der Waals surface area (Å²) in [6, 6.07) is 4.07. The fourth-order valence-corrected chi connectivity index (χ4v) is 1.32. The number of nitrogens with one attached hydrogen (secondary N) is 1. The van der Waals surface area contributed by atoms with Gasteiger partial charge in [0.2, 0.25) is 5.91 Å². The lowest BCUT2D eigenvalue weighted by molar-refractivity contribution is -0.116. The first-order valence-corrected chi connectivity index (χ1v) is 5.37. The van der Waals surface area contributed by atoms with Crippen molar-refractivity contribution in [1.82, 2.24) is 0 Å². The van der Waals surface area contributed by atoms with Crippen LogP contribution in [0.15, 0.2) is 18.2 Å². The zero-order valence-electron chi connectivity index (χ0n) is 8.97. The van der Waals surface area contributed by atoms with Crippen molar-refractivity contribution in [1.29, 1.82) is 0 Å². The molecule has 1 aromatic carbocycles. The normalized spacial score (nSPS) is 12.2. The van der Waals surface area contributed by atoms with Gasteiger partial charge in [-0.15, -0.1) is 0 Å². The van der Waals surface area contributed by atoms with Crippen LogP contribution in [0.4, 0.5) is 10.1 Å². The summed E-state index contributed by atoms with van der Waals surface area (Å²) in [5.74, 6) is -0.792. The summed E-state index contributed by atoms with van der Waals surface area (Å²) in [5, 5.41) is 2.76. The van der Waals surface area contributed by atoms with Crippen LogP contribution in [-0.2, 0) is 4.79 Å². The number of benzene rings is 1. The first kappa shape index (κ1) is 12.9. The fourth-order valence-electron chi connectivity index (χ4n) is 1.16. The van der Waals surface area contributed by atoms with Crippen molar-refractivity contribution in [2.75, 3.05) is 5.32 Å². The van der Waals surface area contributed by atoms with Crippen LogP contribution in [0, 0.1) is 5.82 Å². The van der Waals surface area contributed by atoms with E-state index in [4.69, 9.17) is 17.3 Å². The number of nitrogens with two attached hydrogens (primary N) is 1. The zero-order valence-corrected chi connectivity index (χ0v) is 9.72. The SMILES string of the molecule is CC(N)CCC(=O)Nc1ccc(Cl)cc1F. The molecule has 3 nitrogen and oxygen atoms in total. The summed E-state index contributed by atoms with van der Waals surface area (Å²) in [4.78, 5) is 11.4. The quantitative estimate of drug-likeness (QED) is 0.855. The summed E-state index contributed by atoms with van der Waals surface area (Å²) < 4.78 is 13.3. The van der Waals surface area contributed by atoms with Gasteiger partial charge in [-0.25, -0.2) is 4.39 Å². The third-order valence-electron chi connectivity index (χ3n) is 2.03. The van der Waals surface area contributed by atoms with E-state index in [1.165, 1.54) is 12.1 Å². The Bertz CT molecular complexity index is 382. The minimum absolute atomic E-state index is 0.0409. The van der Waals surface area contributed by atoms with E-state index in [0.717, 1.165) is 6.07 Å². The van der Waals surface area contributed by atoms with Crippen LogP contribution in [0.25, 0.3) is 0 Å². The molecule has 0 fully saturated rings. The maximum absolute atomic E-state index is 13.3. The van der Waals surface area contributed by atoms with Crippen LogP contribution in [0.5, 0.6) is 0 Å². The van der Waals surface area contributed by atoms with Crippen LogP contribution >= 0.6 is 11.6 Å². The molecule has 3 N–H and O–H groups in total. The molecule has 1 rings (SSSR count). The van der Waals surface area contributed by atoms with E-state index >= 15 is 0 Å². The maximum atomic E-state index is 13.3. The van der Waals surface area contributed by atoms with Gasteiger partial charge in [-0.05, 0) is 31.5 Å². The first-order valence-electron chi connectivity index (χ1n) is 4.99. The molecular weight excluding hydrogens is 231 g/mol. The highest BCUT2D eigenvalue weighted by molar-refractivity contribution is 6.30. The molecule has 0 aromatic heterocycles. The molecule has 0 saturated heterocycles. The van der Waals surface area contributed by atoms with Crippen LogP contribution in [0.2, 0.25) is 5.02 Å². The average molecular weight is 245 g/mol. The Hall–Kier alpha value is -1.13. The Labute approximate surface area is 98.8 Å². The minimum atomic E-state index is -0.540. The Morgan fingerprint density at radius 2 is 2.31 bits per heavy atom. The van der Waals surface area contributed by atoms with Crippen LogP contribution in [-0.4, -0.2) is 11.9 Å². The number of carbonyl (C=O) groups excluding carboxylic acids is 1. The predicted octanol–water partition coefficient (Wildman–Crippen LogP) is 2.55. The Morgan fingerprint density at radius 3 is 2.88 bits per heavy atom. The second kappa shape index (κ2) is 5.82. The molecule has 0 heterocycles. The third kappa shape index (κ3) is 4.16. The molecule has 0 bridgehead atoms. The zero-order chi connectivity index (χ0) is 12.1. The van der Waals surface area contributed by atoms with Crippen molar-refractivity contribution in [2.45, 2.75) is 25.8 Å². The van der Waals surface area contributed by atoms with Crippen molar-refractivity contribution < 1.29 is 9.18 Å². The van der Waals surface area contributed by atoms with Crippen molar-refractivity contribution in [3.8, 4) is 0 Å². The standard InChI is InChI=1S/C11H14ClFN2O/c1-7(14)2-5-11(16)15-10-4-3-8(12)6-9(10)13/h3-4,6-7H,2,5,14H2,1H3,(H,15,16). The average Bonchev–Trinajstić information content (AvgIpc) is 2.19. The Balaban J connectivity index is 2.56. The molecule has 5 heteroatoms. The lowest BCUT2D eigenvalue weighted by Gasteiger charge is -2.07. The molecule has 0 saturated carbocycles. The van der Waals surface area contributed by atoms with Crippen LogP contribution in [0.3, 0.4) is 0 Å². The highest BCUT2D eigenvalue weighted by Gasteiger charge is 2.08. The van der Waals surface area contributed by atoms with E-state index in [0.29, 0.717) is 11.4 Å². The molecule has 1 atom stereocenters. The summed E-state index contributed by atoms with van der Waals surface area (Å²) >= 11 is 5.59. The summed E-state index contributed by atoms with van der Waals surface area (Å²) in [7, 11) is 0. The van der Waals surface area contributed by atoms with Crippen molar-refractivity contribution >= 4 is 23.2 Å². The van der Waals surface area contributed by atoms with Gasteiger partial charge in [0, 0.05) is 17.5 Å². The lowest BCUT2D eigenvalue weighted by atomic mass is 10.2. The second-order valence-corrected chi connectivity index (χ2v) is 4.12. The van der Waals surface area contributed by atoms with Crippen molar-refractivity contribution in [3.05, 3.63) is 29.0 Å². The number of carbonyl (C=O) groups is 1. The van der Waals surface area contributed by atoms with E-state index < -0.39 is 5.82 Å². The molecule has 1 unspecified atom stereocenters. The minimum Gasteiger partial charge on any atom is -0.328 e. The summed E-state index contributed by atoms with van der Waals surface area (Å²) in [6.45, 7) is 1.82. The Kier molecular flexibility index (Phi) is 4.71. The number of rotatable bonds is 4. The summed E-state index contributed by atoms with van der Waals surface area (Å²) in [5.41, 5.74) is 5.65. The van der Waals surface area contributed by atoms with Gasteiger partial charge in [0.25, 0.3) is 0 Å². The second-order valence-electron chi connectivity index (χ2n) is 3.69. The monoisotopic (exact) mass is 244 g/mol. The van der Waals surface area contributed by atoms with Crippen LogP contribution in [0.1, 0.15) is 19.8 Å². The van der Waals surface area contributed by atoms with Gasteiger partial charge < -0.3 is 11.1 Å². The number of hydrogen-bond acceptors (Lipinski definition) is 2. The highest BCUT2D eigenvalue weighted by atomic mass is 35.5. The number of halogens is 2. The number of hydrogen-bond donors (Lipinski definition) is 2. The Morgan fingerprint density at radius 1 is 1.62 bits per heavy atom. The predicted molar refractivity (Wildman–Crippen MR) is 62.9 cm³/mol. The van der Waals surface area contributed by atoms with E-state index in [1.807, 2.05) is 6.92 Å². The van der Waals surface area contributed by atoms with Gasteiger partial charge in [-0.3, -0.25) is 4.79 Å². The molecule has 16 heavy (non-hydrogen) atoms. The fraction of sp³-hybridized carbons (Fsp3) is 0.364. The largest absolute Gasteiger partial charge is 0.328 e. The maximum Gasteiger partial charge on any atom is 0.224 e. The van der Waals surface area contributed by atoms with E-state index in [2.05, 4.69) is 5.32 Å². The number of amides is 1. The molecule has 88 valence electrons. The van der Waals surface area contributed by atoms with Crippen molar-refractivity contribution in [3.63, 3.8) is 0 Å². The van der Waals surface area contributed by atoms with E-state index in [9.17, 15) is 9.18 Å². The van der Waals surface area contributed by atoms with Crippen molar-refractivity contribution in [2.24, 2.45) is 5.73 Å². The lowest BCUT2D eigenvalue weighted by Crippen LogP contribution is -2.19. The number of anilines is 1. The highest BCUT2D eigenvalue weighted by Crippen LogP contribution is 2.19. The van der Waals surface area contributed by atoms with E-state index in [-0.39, 0.29) is 24.1 Å². The van der Waals surface area contributed by atoms with Gasteiger partial charge in [-0.1, -0.05) is 11.6 Å². The topological polar surface area (TPSA) is 55.1 Å². The van der Waals surface area contributed by atoms with Gasteiger partial charge in [0.1, 0.15) is 5.82 Å².